The van der Waals surface area contributed by atoms with Crippen molar-refractivity contribution in [2.24, 2.45) is 13.0 Å². The number of amides is 1. The van der Waals surface area contributed by atoms with E-state index in [4.69, 9.17) is 5.21 Å². The van der Waals surface area contributed by atoms with Crippen LogP contribution in [0.25, 0.3) is 0 Å². The third kappa shape index (κ3) is 2.03. The predicted molar refractivity (Wildman–Crippen MR) is 71.1 cm³/mol. The van der Waals surface area contributed by atoms with Crippen LogP contribution in [0.3, 0.4) is 0 Å². The highest BCUT2D eigenvalue weighted by atomic mass is 32.1. The van der Waals surface area contributed by atoms with Gasteiger partial charge in [-0.25, -0.2) is 9.87 Å². The Hall–Kier alpha value is -1.73. The lowest BCUT2D eigenvalue weighted by Gasteiger charge is -1.95. The quantitative estimate of drug-likeness (QED) is 0.671. The Labute approximate surface area is 119 Å². The summed E-state index contributed by atoms with van der Waals surface area (Å²) in [5, 5.41) is 12.9. The maximum atomic E-state index is 13.9. The summed E-state index contributed by atoms with van der Waals surface area (Å²) in [7, 11) is 1.79. The Morgan fingerprint density at radius 2 is 2.30 bits per heavy atom. The molecule has 0 radical (unpaired) electrons. The van der Waals surface area contributed by atoms with Gasteiger partial charge in [0.05, 0.1) is 12.1 Å². The maximum Gasteiger partial charge on any atom is 0.247 e. The third-order valence-electron chi connectivity index (χ3n) is 3.68. The van der Waals surface area contributed by atoms with Gasteiger partial charge < -0.3 is 0 Å². The zero-order valence-electron chi connectivity index (χ0n) is 11.0. The number of carbonyl (C=O) groups is 1. The van der Waals surface area contributed by atoms with Crippen molar-refractivity contribution in [1.82, 2.24) is 15.3 Å². The first kappa shape index (κ1) is 13.3. The van der Waals surface area contributed by atoms with Gasteiger partial charge in [-0.3, -0.25) is 14.7 Å². The smallest absolute Gasteiger partial charge is 0.247 e. The molecule has 1 amide bonds. The van der Waals surface area contributed by atoms with E-state index in [1.54, 1.807) is 23.4 Å². The van der Waals surface area contributed by atoms with E-state index in [1.807, 2.05) is 13.1 Å². The molecule has 0 unspecified atom stereocenters. The van der Waals surface area contributed by atoms with Crippen LogP contribution in [0.15, 0.2) is 18.5 Å². The van der Waals surface area contributed by atoms with Gasteiger partial charge >= 0.3 is 0 Å². The van der Waals surface area contributed by atoms with Crippen LogP contribution in [0, 0.1) is 18.7 Å². The zero-order chi connectivity index (χ0) is 14.4. The Bertz CT molecular complexity index is 666. The van der Waals surface area contributed by atoms with Gasteiger partial charge in [0.15, 0.2) is 0 Å². The molecule has 5 nitrogen and oxygen atoms in total. The summed E-state index contributed by atoms with van der Waals surface area (Å²) >= 11 is 1.36. The summed E-state index contributed by atoms with van der Waals surface area (Å²) in [6.45, 7) is 1.83. The number of nitrogens with zero attached hydrogens (tertiary/aromatic N) is 2. The summed E-state index contributed by atoms with van der Waals surface area (Å²) in [6, 6.07) is 1.48. The van der Waals surface area contributed by atoms with E-state index in [-0.39, 0.29) is 17.7 Å². The van der Waals surface area contributed by atoms with E-state index in [1.165, 1.54) is 17.4 Å². The first-order valence-corrected chi connectivity index (χ1v) is 7.03. The summed E-state index contributed by atoms with van der Waals surface area (Å²) in [5.41, 5.74) is 2.56. The fourth-order valence-corrected chi connectivity index (χ4v) is 3.89. The molecule has 20 heavy (non-hydrogen) atoms. The minimum atomic E-state index is -0.477. The van der Waals surface area contributed by atoms with Crippen LogP contribution in [0.1, 0.15) is 27.2 Å². The number of nitrogens with one attached hydrogen (secondary N) is 1. The molecule has 3 atom stereocenters. The van der Waals surface area contributed by atoms with Crippen molar-refractivity contribution in [1.29, 1.82) is 0 Å². The molecule has 0 aromatic carbocycles. The van der Waals surface area contributed by atoms with Gasteiger partial charge in [-0.2, -0.15) is 5.10 Å². The lowest BCUT2D eigenvalue weighted by Crippen LogP contribution is -2.21. The van der Waals surface area contributed by atoms with Gasteiger partial charge in [-0.15, -0.1) is 11.3 Å². The minimum absolute atomic E-state index is 0.136. The van der Waals surface area contributed by atoms with Crippen molar-refractivity contribution in [2.45, 2.75) is 18.8 Å². The lowest BCUT2D eigenvalue weighted by atomic mass is 10.2. The average molecular weight is 295 g/mol. The van der Waals surface area contributed by atoms with Crippen molar-refractivity contribution in [3.63, 3.8) is 0 Å². The van der Waals surface area contributed by atoms with Crippen molar-refractivity contribution in [3.8, 4) is 0 Å². The highest BCUT2D eigenvalue weighted by Crippen LogP contribution is 2.62. The van der Waals surface area contributed by atoms with Crippen LogP contribution in [0.4, 0.5) is 4.39 Å². The molecule has 3 rings (SSSR count). The number of aryl methyl sites for hydroxylation is 2. The minimum Gasteiger partial charge on any atom is -0.289 e. The molecule has 7 heteroatoms. The Balaban J connectivity index is 1.96. The van der Waals surface area contributed by atoms with Gasteiger partial charge in [0, 0.05) is 34.8 Å². The summed E-state index contributed by atoms with van der Waals surface area (Å²) in [5.74, 6) is -1.57. The number of hydroxylamine groups is 1. The first-order valence-electron chi connectivity index (χ1n) is 6.21. The second kappa shape index (κ2) is 4.68. The number of rotatable bonds is 3. The molecule has 1 aliphatic carbocycles. The monoisotopic (exact) mass is 295 g/mol. The molecule has 2 heterocycles. The second-order valence-electron chi connectivity index (χ2n) is 5.07. The number of carbonyl (C=O) groups excluding carboxylic acids is 1. The van der Waals surface area contributed by atoms with Gasteiger partial charge in [-0.05, 0) is 18.6 Å². The molecule has 1 saturated carbocycles. The zero-order valence-corrected chi connectivity index (χ0v) is 11.8. The number of hydrogen-bond acceptors (Lipinski definition) is 4. The fraction of sp³-hybridized carbons (Fsp3) is 0.385. The van der Waals surface area contributed by atoms with Crippen LogP contribution in [-0.4, -0.2) is 20.9 Å². The predicted octanol–water partition coefficient (Wildman–Crippen LogP) is 1.93. The number of aromatic nitrogens is 2. The summed E-state index contributed by atoms with van der Waals surface area (Å²) in [4.78, 5) is 13.2. The van der Waals surface area contributed by atoms with Crippen molar-refractivity contribution < 1.29 is 14.4 Å². The highest BCUT2D eigenvalue weighted by Gasteiger charge is 2.58. The van der Waals surface area contributed by atoms with Gasteiger partial charge in [0.1, 0.15) is 5.82 Å². The number of hydrogen-bond donors (Lipinski definition) is 2. The Kier molecular flexibility index (Phi) is 3.10. The average Bonchev–Trinajstić information content (AvgIpc) is 2.84. The van der Waals surface area contributed by atoms with E-state index in [9.17, 15) is 9.18 Å². The molecule has 1 aliphatic rings. The molecular weight excluding hydrogens is 281 g/mol. The molecule has 2 N–H and O–H groups in total. The highest BCUT2D eigenvalue weighted by molar-refractivity contribution is 7.12. The van der Waals surface area contributed by atoms with E-state index < -0.39 is 11.8 Å². The van der Waals surface area contributed by atoms with Crippen LogP contribution in [0.5, 0.6) is 0 Å². The van der Waals surface area contributed by atoms with Crippen LogP contribution >= 0.6 is 11.3 Å². The van der Waals surface area contributed by atoms with E-state index in [2.05, 4.69) is 5.10 Å². The van der Waals surface area contributed by atoms with E-state index >= 15 is 0 Å². The van der Waals surface area contributed by atoms with Crippen LogP contribution in [0.2, 0.25) is 0 Å². The van der Waals surface area contributed by atoms with E-state index in [0.29, 0.717) is 4.88 Å². The Morgan fingerprint density at radius 3 is 2.80 bits per heavy atom. The Morgan fingerprint density at radius 1 is 1.55 bits per heavy atom. The molecule has 2 aromatic rings. The second-order valence-corrected chi connectivity index (χ2v) is 6.36. The topological polar surface area (TPSA) is 67.2 Å². The SMILES string of the molecule is Cc1cc(F)c([C@H]2[C@@H](C(=O)NO)[C@@H]2c2cnn(C)c2)s1. The normalized spacial score (nSPS) is 24.7. The largest absolute Gasteiger partial charge is 0.289 e. The fourth-order valence-electron chi connectivity index (χ4n) is 2.79. The molecule has 0 aliphatic heterocycles. The van der Waals surface area contributed by atoms with Crippen molar-refractivity contribution in [2.75, 3.05) is 0 Å². The summed E-state index contributed by atoms with van der Waals surface area (Å²) < 4.78 is 15.6. The van der Waals surface area contributed by atoms with Gasteiger partial charge in [0.25, 0.3) is 0 Å². The van der Waals surface area contributed by atoms with E-state index in [0.717, 1.165) is 10.4 Å². The molecule has 0 spiro atoms. The van der Waals surface area contributed by atoms with Crippen molar-refractivity contribution >= 4 is 17.2 Å². The standard InChI is InChI=1S/C13H14FN3O2S/c1-6-3-8(14)12(20-6)10-9(11(10)13(18)16-19)7-4-15-17(2)5-7/h3-5,9-11,19H,1-2H3,(H,16,18)/t9-,10-,11+/m1/s1. The number of halogens is 1. The molecule has 106 valence electrons. The molecule has 1 fully saturated rings. The van der Waals surface area contributed by atoms with Crippen molar-refractivity contribution in [3.05, 3.63) is 39.6 Å². The number of thiophene rings is 1. The molecule has 2 aromatic heterocycles. The maximum absolute atomic E-state index is 13.9. The first-order chi connectivity index (χ1) is 9.52. The molecular formula is C13H14FN3O2S. The van der Waals surface area contributed by atoms with Gasteiger partial charge in [-0.1, -0.05) is 0 Å². The van der Waals surface area contributed by atoms with Crippen LogP contribution < -0.4 is 5.48 Å². The molecule has 0 saturated heterocycles. The van der Waals surface area contributed by atoms with Crippen LogP contribution in [-0.2, 0) is 11.8 Å². The lowest BCUT2D eigenvalue weighted by molar-refractivity contribution is -0.130. The third-order valence-corrected chi connectivity index (χ3v) is 4.81. The summed E-state index contributed by atoms with van der Waals surface area (Å²) in [6.07, 6.45) is 3.50. The van der Waals surface area contributed by atoms with Gasteiger partial charge in [0.2, 0.25) is 5.91 Å². The molecule has 0 bridgehead atoms.